The van der Waals surface area contributed by atoms with Crippen LogP contribution in [0.15, 0.2) is 85.3 Å². The molecule has 1 atom stereocenters. The average Bonchev–Trinajstić information content (AvgIpc) is 3.06. The van der Waals surface area contributed by atoms with Gasteiger partial charge in [-0.2, -0.15) is 0 Å². The summed E-state index contributed by atoms with van der Waals surface area (Å²) in [6.45, 7) is 9.91. The van der Waals surface area contributed by atoms with E-state index in [0.717, 1.165) is 55.1 Å². The molecular weight excluding hydrogens is 568 g/mol. The minimum Gasteiger partial charge on any atom is -0.493 e. The summed E-state index contributed by atoms with van der Waals surface area (Å²) in [5, 5.41) is 3.51. The van der Waals surface area contributed by atoms with Gasteiger partial charge in [-0.25, -0.2) is 14.8 Å². The fourth-order valence-electron chi connectivity index (χ4n) is 5.40. The molecule has 0 spiro atoms. The molecule has 0 saturated carbocycles. The molecule has 0 bridgehead atoms. The highest BCUT2D eigenvalue weighted by atomic mass is 16.6. The van der Waals surface area contributed by atoms with Crippen molar-refractivity contribution >= 4 is 17.6 Å². The van der Waals surface area contributed by atoms with Crippen LogP contribution in [-0.2, 0) is 0 Å². The number of likely N-dealkylation sites (N-methyl/N-ethyl adjacent to an activating group) is 1. The minimum atomic E-state index is -0.538. The molecule has 0 unspecified atom stereocenters. The Kier molecular flexibility index (Phi) is 10.8. The molecule has 10 heteroatoms. The number of aromatic nitrogens is 2. The van der Waals surface area contributed by atoms with Crippen molar-refractivity contribution in [3.63, 3.8) is 0 Å². The SMILES string of the molecule is COc1cc(NC[C@@H](c2ccccc2)N(C(=O)Oc2c(C)cccc2C)c2ccncn2)ccc1OCCN1CCN(C)CC1. The van der Waals surface area contributed by atoms with Crippen LogP contribution in [-0.4, -0.2) is 85.9 Å². The summed E-state index contributed by atoms with van der Waals surface area (Å²) in [7, 11) is 3.79. The number of benzene rings is 3. The lowest BCUT2D eigenvalue weighted by Crippen LogP contribution is -2.45. The Morgan fingerprint density at radius 1 is 0.956 bits per heavy atom. The summed E-state index contributed by atoms with van der Waals surface area (Å²) in [4.78, 5) is 28.8. The molecule has 1 aliphatic rings. The maximum atomic E-state index is 14.0. The molecule has 2 heterocycles. The van der Waals surface area contributed by atoms with Gasteiger partial charge in [-0.05, 0) is 55.8 Å². The smallest absolute Gasteiger partial charge is 0.421 e. The topological polar surface area (TPSA) is 92.3 Å². The largest absolute Gasteiger partial charge is 0.493 e. The molecule has 0 aliphatic carbocycles. The molecule has 1 aliphatic heterocycles. The maximum Gasteiger partial charge on any atom is 0.421 e. The Labute approximate surface area is 265 Å². The third-order valence-corrected chi connectivity index (χ3v) is 8.03. The number of methoxy groups -OCH3 is 1. The number of aryl methyl sites for hydroxylation is 2. The predicted octanol–water partition coefficient (Wildman–Crippen LogP) is 5.59. The van der Waals surface area contributed by atoms with Gasteiger partial charge in [0.2, 0.25) is 0 Å². The molecule has 1 fully saturated rings. The highest BCUT2D eigenvalue weighted by molar-refractivity contribution is 5.89. The zero-order chi connectivity index (χ0) is 31.6. The zero-order valence-corrected chi connectivity index (χ0v) is 26.5. The summed E-state index contributed by atoms with van der Waals surface area (Å²) >= 11 is 0. The van der Waals surface area contributed by atoms with Crippen LogP contribution in [0.3, 0.4) is 0 Å². The van der Waals surface area contributed by atoms with Crippen molar-refractivity contribution in [1.29, 1.82) is 0 Å². The second-order valence-electron chi connectivity index (χ2n) is 11.2. The zero-order valence-electron chi connectivity index (χ0n) is 26.5. The van der Waals surface area contributed by atoms with E-state index >= 15 is 0 Å². The van der Waals surface area contributed by atoms with Crippen LogP contribution >= 0.6 is 0 Å². The van der Waals surface area contributed by atoms with Crippen LogP contribution in [0.25, 0.3) is 0 Å². The Balaban J connectivity index is 1.35. The fraction of sp³-hybridized carbons (Fsp3) is 0.343. The standard InChI is InChI=1S/C35H42N6O4/c1-26-9-8-10-27(2)34(26)45-35(42)41(33-15-16-36-25-38-33)30(28-11-6-5-7-12-28)24-37-29-13-14-31(32(23-29)43-4)44-22-21-40-19-17-39(3)18-20-40/h5-16,23,25,30,37H,17-22,24H2,1-4H3/t30-/m0/s1. The lowest BCUT2D eigenvalue weighted by molar-refractivity contribution is 0.133. The van der Waals surface area contributed by atoms with Gasteiger partial charge in [0.05, 0.1) is 13.2 Å². The number of rotatable bonds is 12. The lowest BCUT2D eigenvalue weighted by atomic mass is 10.0. The van der Waals surface area contributed by atoms with E-state index in [1.165, 1.54) is 6.33 Å². The van der Waals surface area contributed by atoms with Crippen LogP contribution in [0.4, 0.5) is 16.3 Å². The number of hydrogen-bond acceptors (Lipinski definition) is 9. The second-order valence-corrected chi connectivity index (χ2v) is 11.2. The minimum absolute atomic E-state index is 0.364. The van der Waals surface area contributed by atoms with E-state index < -0.39 is 12.1 Å². The van der Waals surface area contributed by atoms with E-state index in [9.17, 15) is 4.79 Å². The Morgan fingerprint density at radius 2 is 1.71 bits per heavy atom. The van der Waals surface area contributed by atoms with Crippen LogP contribution in [0.1, 0.15) is 22.7 Å². The first-order chi connectivity index (χ1) is 21.9. The van der Waals surface area contributed by atoms with E-state index in [1.807, 2.05) is 80.6 Å². The summed E-state index contributed by atoms with van der Waals surface area (Å²) in [5.74, 6) is 2.29. The van der Waals surface area contributed by atoms with Gasteiger partial charge in [-0.1, -0.05) is 48.5 Å². The van der Waals surface area contributed by atoms with Gasteiger partial charge >= 0.3 is 6.09 Å². The molecule has 3 aromatic carbocycles. The quantitative estimate of drug-likeness (QED) is 0.221. The number of carbonyl (C=O) groups is 1. The first-order valence-electron chi connectivity index (χ1n) is 15.3. The van der Waals surface area contributed by atoms with E-state index in [1.54, 1.807) is 24.3 Å². The van der Waals surface area contributed by atoms with E-state index in [2.05, 4.69) is 32.1 Å². The van der Waals surface area contributed by atoms with Gasteiger partial charge in [0, 0.05) is 57.2 Å². The molecule has 1 saturated heterocycles. The lowest BCUT2D eigenvalue weighted by Gasteiger charge is -2.32. The van der Waals surface area contributed by atoms with Crippen molar-refractivity contribution < 1.29 is 19.0 Å². The molecular formula is C35H42N6O4. The molecule has 5 rings (SSSR count). The fourth-order valence-corrected chi connectivity index (χ4v) is 5.40. The normalized spacial score (nSPS) is 14.4. The van der Waals surface area contributed by atoms with E-state index in [4.69, 9.17) is 14.2 Å². The molecule has 1 amide bonds. The molecule has 45 heavy (non-hydrogen) atoms. The summed E-state index contributed by atoms with van der Waals surface area (Å²) in [6.07, 6.45) is 2.51. The number of piperazine rings is 1. The van der Waals surface area contributed by atoms with Crippen molar-refractivity contribution in [3.8, 4) is 17.2 Å². The van der Waals surface area contributed by atoms with Gasteiger partial charge in [0.15, 0.2) is 11.5 Å². The van der Waals surface area contributed by atoms with Gasteiger partial charge < -0.3 is 24.4 Å². The van der Waals surface area contributed by atoms with Gasteiger partial charge in [-0.3, -0.25) is 9.80 Å². The van der Waals surface area contributed by atoms with Crippen LogP contribution in [0.5, 0.6) is 17.2 Å². The number of anilines is 2. The number of amides is 1. The number of carbonyl (C=O) groups excluding carboxylic acids is 1. The van der Waals surface area contributed by atoms with Gasteiger partial charge in [0.25, 0.3) is 0 Å². The van der Waals surface area contributed by atoms with E-state index in [0.29, 0.717) is 36.2 Å². The highest BCUT2D eigenvalue weighted by Crippen LogP contribution is 2.33. The summed E-state index contributed by atoms with van der Waals surface area (Å²) in [6, 6.07) is 22.7. The third kappa shape index (κ3) is 8.29. The molecule has 10 nitrogen and oxygen atoms in total. The number of nitrogens with zero attached hydrogens (tertiary/aromatic N) is 5. The molecule has 4 aromatic rings. The van der Waals surface area contributed by atoms with E-state index in [-0.39, 0.29) is 0 Å². The summed E-state index contributed by atoms with van der Waals surface area (Å²) in [5.41, 5.74) is 3.49. The van der Waals surface area contributed by atoms with Crippen LogP contribution in [0.2, 0.25) is 0 Å². The summed E-state index contributed by atoms with van der Waals surface area (Å²) < 4.78 is 17.9. The second kappa shape index (κ2) is 15.4. The predicted molar refractivity (Wildman–Crippen MR) is 177 cm³/mol. The first kappa shape index (κ1) is 31.7. The van der Waals surface area contributed by atoms with Crippen molar-refractivity contribution in [2.45, 2.75) is 19.9 Å². The highest BCUT2D eigenvalue weighted by Gasteiger charge is 2.30. The molecule has 0 radical (unpaired) electrons. The number of nitrogens with one attached hydrogen (secondary N) is 1. The molecule has 1 aromatic heterocycles. The molecule has 1 N–H and O–H groups in total. The Hall–Kier alpha value is -4.67. The average molecular weight is 611 g/mol. The maximum absolute atomic E-state index is 14.0. The number of para-hydroxylation sites is 1. The van der Waals surface area contributed by atoms with Crippen molar-refractivity contribution in [2.24, 2.45) is 0 Å². The molecule has 236 valence electrons. The Bertz CT molecular complexity index is 1510. The number of hydrogen-bond donors (Lipinski definition) is 1. The monoisotopic (exact) mass is 610 g/mol. The van der Waals surface area contributed by atoms with Crippen LogP contribution in [0, 0.1) is 13.8 Å². The number of ether oxygens (including phenoxy) is 3. The van der Waals surface area contributed by atoms with Crippen LogP contribution < -0.4 is 24.4 Å². The first-order valence-corrected chi connectivity index (χ1v) is 15.3. The van der Waals surface area contributed by atoms with Crippen molar-refractivity contribution in [2.75, 3.05) is 70.2 Å². The Morgan fingerprint density at radius 3 is 2.40 bits per heavy atom. The third-order valence-electron chi connectivity index (χ3n) is 8.03. The van der Waals surface area contributed by atoms with Gasteiger partial charge in [-0.15, -0.1) is 0 Å². The van der Waals surface area contributed by atoms with Crippen molar-refractivity contribution in [1.82, 2.24) is 19.8 Å². The van der Waals surface area contributed by atoms with Gasteiger partial charge in [0.1, 0.15) is 24.5 Å². The van der Waals surface area contributed by atoms with Crippen molar-refractivity contribution in [3.05, 3.63) is 102 Å².